The summed E-state index contributed by atoms with van der Waals surface area (Å²) in [6, 6.07) is 9.60. The molecule has 0 fully saturated rings. The van der Waals surface area contributed by atoms with E-state index >= 15 is 0 Å². The molecule has 0 spiro atoms. The van der Waals surface area contributed by atoms with Crippen LogP contribution in [0.5, 0.6) is 11.5 Å². The maximum Gasteiger partial charge on any atom is 0.300 e. The van der Waals surface area contributed by atoms with Crippen molar-refractivity contribution in [2.75, 3.05) is 32.5 Å². The number of hydrogen-bond donors (Lipinski definition) is 2. The van der Waals surface area contributed by atoms with Gasteiger partial charge in [-0.05, 0) is 56.9 Å². The number of nitrogens with one attached hydrogen (secondary N) is 1. The second-order valence-electron chi connectivity index (χ2n) is 6.83. The lowest BCUT2D eigenvalue weighted by atomic mass is 10.00. The average Bonchev–Trinajstić information content (AvgIpc) is 2.67. The zero-order chi connectivity index (χ0) is 22.5. The van der Waals surface area contributed by atoms with E-state index in [1.807, 2.05) is 14.1 Å². The largest absolute Gasteiger partial charge is 0.496 e. The molecule has 1 aliphatic heterocycles. The molecule has 2 aromatic carbocycles. The third kappa shape index (κ3) is 6.01. The molecule has 0 amide bonds. The number of aliphatic carboxylic acids is 1. The molecule has 1 atom stereocenters. The lowest BCUT2D eigenvalue weighted by molar-refractivity contribution is -0.134. The summed E-state index contributed by atoms with van der Waals surface area (Å²) in [5.41, 5.74) is 1.25. The van der Waals surface area contributed by atoms with Gasteiger partial charge in [-0.2, -0.15) is 0 Å². The van der Waals surface area contributed by atoms with Crippen molar-refractivity contribution in [1.82, 2.24) is 4.90 Å². The van der Waals surface area contributed by atoms with Crippen molar-refractivity contribution in [3.05, 3.63) is 47.0 Å². The maximum atomic E-state index is 12.7. The Bertz CT molecular complexity index is 989. The second-order valence-corrected chi connectivity index (χ2v) is 8.95. The number of ether oxygens (including phenoxy) is 2. The number of benzene rings is 2. The van der Waals surface area contributed by atoms with Gasteiger partial charge in [-0.1, -0.05) is 11.6 Å². The highest BCUT2D eigenvalue weighted by Crippen LogP contribution is 2.40. The third-order valence-corrected chi connectivity index (χ3v) is 6.03. The molecule has 3 rings (SSSR count). The standard InChI is InChI=1S/C18H21ClN2O4S.C2H4O2/c1-21(2)13-10-15-17(24-3)9-8-16(18(15)25-11-13)20-26(22,23)14-6-4-12(19)5-7-14;1-2(3)4/h4-9,13,20H,10-11H2,1-3H3;1H3,(H,3,4)/t13-;/m1./s1. The van der Waals surface area contributed by atoms with E-state index < -0.39 is 16.0 Å². The van der Waals surface area contributed by atoms with Crippen LogP contribution >= 0.6 is 11.6 Å². The zero-order valence-electron chi connectivity index (χ0n) is 17.2. The molecule has 164 valence electrons. The fourth-order valence-corrected chi connectivity index (χ4v) is 4.05. The molecule has 1 aliphatic rings. The first kappa shape index (κ1) is 23.8. The molecule has 2 N–H and O–H groups in total. The number of rotatable bonds is 5. The molecular formula is C20H25ClN2O6S. The van der Waals surface area contributed by atoms with E-state index in [-0.39, 0.29) is 10.9 Å². The lowest BCUT2D eigenvalue weighted by Crippen LogP contribution is -2.38. The van der Waals surface area contributed by atoms with Crippen LogP contribution in [0.3, 0.4) is 0 Å². The number of methoxy groups -OCH3 is 1. The van der Waals surface area contributed by atoms with Crippen LogP contribution in [-0.2, 0) is 21.2 Å². The number of likely N-dealkylation sites (N-methyl/N-ethyl adjacent to an activating group) is 1. The molecule has 0 saturated carbocycles. The Kier molecular flexibility index (Phi) is 7.94. The predicted molar refractivity (Wildman–Crippen MR) is 115 cm³/mol. The molecule has 0 saturated heterocycles. The molecule has 10 heteroatoms. The van der Waals surface area contributed by atoms with Crippen LogP contribution in [0.2, 0.25) is 5.02 Å². The minimum absolute atomic E-state index is 0.133. The summed E-state index contributed by atoms with van der Waals surface area (Å²) in [7, 11) is 1.81. The Morgan fingerprint density at radius 3 is 2.37 bits per heavy atom. The van der Waals surface area contributed by atoms with Crippen LogP contribution in [0, 0.1) is 0 Å². The quantitative estimate of drug-likeness (QED) is 0.712. The monoisotopic (exact) mass is 456 g/mol. The number of fused-ring (bicyclic) bond motifs is 1. The molecule has 1 heterocycles. The van der Waals surface area contributed by atoms with Gasteiger partial charge >= 0.3 is 0 Å². The van der Waals surface area contributed by atoms with Crippen LogP contribution in [0.15, 0.2) is 41.3 Å². The van der Waals surface area contributed by atoms with Gasteiger partial charge in [0.2, 0.25) is 0 Å². The summed E-state index contributed by atoms with van der Waals surface area (Å²) in [4.78, 5) is 11.2. The lowest BCUT2D eigenvalue weighted by Gasteiger charge is -2.32. The van der Waals surface area contributed by atoms with Crippen molar-refractivity contribution in [2.24, 2.45) is 0 Å². The summed E-state index contributed by atoms with van der Waals surface area (Å²) in [5, 5.41) is 7.89. The van der Waals surface area contributed by atoms with Crippen LogP contribution in [0.25, 0.3) is 0 Å². The first-order valence-corrected chi connectivity index (χ1v) is 10.9. The number of halogens is 1. The topological polar surface area (TPSA) is 105 Å². The highest BCUT2D eigenvalue weighted by atomic mass is 35.5. The van der Waals surface area contributed by atoms with Gasteiger partial charge in [0, 0.05) is 23.6 Å². The molecular weight excluding hydrogens is 432 g/mol. The van der Waals surface area contributed by atoms with Gasteiger partial charge in [-0.25, -0.2) is 8.42 Å². The Hall–Kier alpha value is -2.49. The molecule has 0 unspecified atom stereocenters. The van der Waals surface area contributed by atoms with E-state index in [9.17, 15) is 8.42 Å². The SMILES string of the molecule is CC(=O)O.COc1ccc(NS(=O)(=O)c2ccc(Cl)cc2)c2c1C[C@@H](N(C)C)CO2. The van der Waals surface area contributed by atoms with E-state index in [0.717, 1.165) is 12.5 Å². The summed E-state index contributed by atoms with van der Waals surface area (Å²) in [5.74, 6) is 0.362. The third-order valence-electron chi connectivity index (χ3n) is 4.40. The van der Waals surface area contributed by atoms with Crippen molar-refractivity contribution in [3.63, 3.8) is 0 Å². The first-order valence-electron chi connectivity index (χ1n) is 9.02. The minimum Gasteiger partial charge on any atom is -0.496 e. The molecule has 0 bridgehead atoms. The summed E-state index contributed by atoms with van der Waals surface area (Å²) < 4.78 is 39.3. The van der Waals surface area contributed by atoms with E-state index in [2.05, 4.69) is 9.62 Å². The second kappa shape index (κ2) is 10.0. The van der Waals surface area contributed by atoms with Crippen molar-refractivity contribution < 1.29 is 27.8 Å². The predicted octanol–water partition coefficient (Wildman–Crippen LogP) is 3.11. The van der Waals surface area contributed by atoms with Crippen LogP contribution < -0.4 is 14.2 Å². The Morgan fingerprint density at radius 2 is 1.83 bits per heavy atom. The molecule has 30 heavy (non-hydrogen) atoms. The molecule has 0 aliphatic carbocycles. The number of sulfonamides is 1. The first-order chi connectivity index (χ1) is 14.0. The van der Waals surface area contributed by atoms with Gasteiger partial charge in [0.05, 0.1) is 17.7 Å². The number of hydrogen-bond acceptors (Lipinski definition) is 6. The van der Waals surface area contributed by atoms with Gasteiger partial charge in [0.15, 0.2) is 0 Å². The van der Waals surface area contributed by atoms with Crippen LogP contribution in [0.1, 0.15) is 12.5 Å². The van der Waals surface area contributed by atoms with Gasteiger partial charge < -0.3 is 19.5 Å². The van der Waals surface area contributed by atoms with Gasteiger partial charge in [0.1, 0.15) is 18.1 Å². The molecule has 2 aromatic rings. The highest BCUT2D eigenvalue weighted by Gasteiger charge is 2.28. The van der Waals surface area contributed by atoms with Crippen LogP contribution in [-0.4, -0.2) is 58.2 Å². The fourth-order valence-electron chi connectivity index (χ4n) is 2.86. The van der Waals surface area contributed by atoms with Crippen LogP contribution in [0.4, 0.5) is 5.69 Å². The van der Waals surface area contributed by atoms with Gasteiger partial charge in [-0.15, -0.1) is 0 Å². The van der Waals surface area contributed by atoms with Crippen molar-refractivity contribution in [2.45, 2.75) is 24.3 Å². The zero-order valence-corrected chi connectivity index (χ0v) is 18.7. The fraction of sp³-hybridized carbons (Fsp3) is 0.350. The van der Waals surface area contributed by atoms with E-state index in [4.69, 9.17) is 31.0 Å². The summed E-state index contributed by atoms with van der Waals surface area (Å²) in [6.45, 7) is 1.56. The number of anilines is 1. The number of carbonyl (C=O) groups is 1. The number of nitrogens with zero attached hydrogens (tertiary/aromatic N) is 1. The normalized spacial score (nSPS) is 15.3. The van der Waals surface area contributed by atoms with E-state index in [1.54, 1.807) is 19.2 Å². The Morgan fingerprint density at radius 1 is 1.23 bits per heavy atom. The van der Waals surface area contributed by atoms with E-state index in [0.29, 0.717) is 35.2 Å². The highest BCUT2D eigenvalue weighted by molar-refractivity contribution is 7.92. The average molecular weight is 457 g/mol. The van der Waals surface area contributed by atoms with Gasteiger partial charge in [-0.3, -0.25) is 9.52 Å². The van der Waals surface area contributed by atoms with Crippen molar-refractivity contribution in [1.29, 1.82) is 0 Å². The van der Waals surface area contributed by atoms with Crippen molar-refractivity contribution >= 4 is 33.3 Å². The summed E-state index contributed by atoms with van der Waals surface area (Å²) in [6.07, 6.45) is 0.710. The molecule has 0 radical (unpaired) electrons. The maximum absolute atomic E-state index is 12.7. The van der Waals surface area contributed by atoms with Crippen molar-refractivity contribution in [3.8, 4) is 11.5 Å². The number of carboxylic acid groups (broad SMARTS) is 1. The van der Waals surface area contributed by atoms with Gasteiger partial charge in [0.25, 0.3) is 16.0 Å². The summed E-state index contributed by atoms with van der Waals surface area (Å²) >= 11 is 5.84. The Labute approximate surface area is 181 Å². The molecule has 8 nitrogen and oxygen atoms in total. The number of carboxylic acids is 1. The minimum atomic E-state index is -3.75. The van der Waals surface area contributed by atoms with E-state index in [1.165, 1.54) is 24.3 Å². The Balaban J connectivity index is 0.000000735. The molecule has 0 aromatic heterocycles. The smallest absolute Gasteiger partial charge is 0.300 e.